The van der Waals surface area contributed by atoms with Gasteiger partial charge in [0.25, 0.3) is 15.9 Å². The molecule has 2 rings (SSSR count). The standard InChI is InChI=1S/C16H16N2O6S/c1-24-13-6-8-14(9-7-13)25(22,23)18-12-4-2-11(3-5-12)16(21)17-10-15(19)20/h2-9,18H,10H2,1H3,(H,17,21)(H,19,20). The first-order valence-electron chi connectivity index (χ1n) is 7.09. The van der Waals surface area contributed by atoms with Crippen LogP contribution in [0, 0.1) is 0 Å². The number of amides is 1. The van der Waals surface area contributed by atoms with E-state index in [9.17, 15) is 18.0 Å². The van der Waals surface area contributed by atoms with Crippen LogP contribution in [0.3, 0.4) is 0 Å². The van der Waals surface area contributed by atoms with E-state index in [-0.39, 0.29) is 16.1 Å². The molecule has 8 nitrogen and oxygen atoms in total. The van der Waals surface area contributed by atoms with Crippen LogP contribution in [-0.4, -0.2) is 39.1 Å². The summed E-state index contributed by atoms with van der Waals surface area (Å²) in [5.41, 5.74) is 0.485. The summed E-state index contributed by atoms with van der Waals surface area (Å²) in [6.45, 7) is -0.495. The van der Waals surface area contributed by atoms with Gasteiger partial charge in [-0.15, -0.1) is 0 Å². The maximum atomic E-state index is 12.3. The Labute approximate surface area is 144 Å². The maximum absolute atomic E-state index is 12.3. The molecule has 0 unspecified atom stereocenters. The fourth-order valence-electron chi connectivity index (χ4n) is 1.92. The first kappa shape index (κ1) is 18.3. The topological polar surface area (TPSA) is 122 Å². The fraction of sp³-hybridized carbons (Fsp3) is 0.125. The normalized spacial score (nSPS) is 10.8. The third-order valence-corrected chi connectivity index (χ3v) is 4.57. The number of carboxylic acid groups (broad SMARTS) is 1. The molecule has 0 bridgehead atoms. The average molecular weight is 364 g/mol. The summed E-state index contributed by atoms with van der Waals surface area (Å²) >= 11 is 0. The summed E-state index contributed by atoms with van der Waals surface area (Å²) in [6.07, 6.45) is 0. The molecule has 25 heavy (non-hydrogen) atoms. The molecule has 0 fully saturated rings. The summed E-state index contributed by atoms with van der Waals surface area (Å²) in [7, 11) is -2.29. The molecule has 0 atom stereocenters. The molecule has 0 aliphatic heterocycles. The molecule has 9 heteroatoms. The molecule has 0 aliphatic carbocycles. The van der Waals surface area contributed by atoms with Crippen molar-refractivity contribution in [3.8, 4) is 5.75 Å². The van der Waals surface area contributed by atoms with Crippen LogP contribution in [0.25, 0.3) is 0 Å². The number of carboxylic acids is 1. The molecule has 2 aromatic carbocycles. The monoisotopic (exact) mass is 364 g/mol. The minimum atomic E-state index is -3.78. The van der Waals surface area contributed by atoms with E-state index in [4.69, 9.17) is 9.84 Å². The number of anilines is 1. The second-order valence-corrected chi connectivity index (χ2v) is 6.62. The molecular formula is C16H16N2O6S. The predicted molar refractivity (Wildman–Crippen MR) is 90.2 cm³/mol. The van der Waals surface area contributed by atoms with Gasteiger partial charge in [-0.05, 0) is 48.5 Å². The molecule has 0 heterocycles. The van der Waals surface area contributed by atoms with Crippen molar-refractivity contribution in [2.24, 2.45) is 0 Å². The highest BCUT2D eigenvalue weighted by molar-refractivity contribution is 7.92. The van der Waals surface area contributed by atoms with Gasteiger partial charge < -0.3 is 15.2 Å². The van der Waals surface area contributed by atoms with Gasteiger partial charge in [-0.1, -0.05) is 0 Å². The molecule has 0 aliphatic rings. The van der Waals surface area contributed by atoms with E-state index in [0.717, 1.165) is 0 Å². The van der Waals surface area contributed by atoms with E-state index in [1.165, 1.54) is 55.6 Å². The fourth-order valence-corrected chi connectivity index (χ4v) is 2.98. The van der Waals surface area contributed by atoms with Gasteiger partial charge in [0, 0.05) is 11.3 Å². The van der Waals surface area contributed by atoms with Crippen molar-refractivity contribution in [3.63, 3.8) is 0 Å². The Morgan fingerprint density at radius 2 is 1.64 bits per heavy atom. The highest BCUT2D eigenvalue weighted by Crippen LogP contribution is 2.19. The number of hydrogen-bond acceptors (Lipinski definition) is 5. The molecule has 0 radical (unpaired) electrons. The zero-order chi connectivity index (χ0) is 18.4. The lowest BCUT2D eigenvalue weighted by Gasteiger charge is -2.09. The van der Waals surface area contributed by atoms with Crippen LogP contribution in [-0.2, 0) is 14.8 Å². The van der Waals surface area contributed by atoms with E-state index >= 15 is 0 Å². The number of rotatable bonds is 7. The molecule has 3 N–H and O–H groups in total. The third kappa shape index (κ3) is 4.95. The number of hydrogen-bond donors (Lipinski definition) is 3. The van der Waals surface area contributed by atoms with Gasteiger partial charge in [0.15, 0.2) is 0 Å². The summed E-state index contributed by atoms with van der Waals surface area (Å²) < 4.78 is 32.0. The summed E-state index contributed by atoms with van der Waals surface area (Å²) in [5.74, 6) is -1.18. The number of methoxy groups -OCH3 is 1. The highest BCUT2D eigenvalue weighted by Gasteiger charge is 2.14. The largest absolute Gasteiger partial charge is 0.497 e. The average Bonchev–Trinajstić information content (AvgIpc) is 2.60. The quantitative estimate of drug-likeness (QED) is 0.681. The van der Waals surface area contributed by atoms with Crippen molar-refractivity contribution in [1.82, 2.24) is 5.32 Å². The van der Waals surface area contributed by atoms with Crippen LogP contribution < -0.4 is 14.8 Å². The van der Waals surface area contributed by atoms with Crippen molar-refractivity contribution in [1.29, 1.82) is 0 Å². The van der Waals surface area contributed by atoms with Crippen LogP contribution in [0.5, 0.6) is 5.75 Å². The number of aliphatic carboxylic acids is 1. The molecule has 1 amide bonds. The van der Waals surface area contributed by atoms with Crippen LogP contribution in [0.1, 0.15) is 10.4 Å². The molecule has 132 valence electrons. The van der Waals surface area contributed by atoms with Crippen LogP contribution >= 0.6 is 0 Å². The zero-order valence-electron chi connectivity index (χ0n) is 13.2. The molecule has 2 aromatic rings. The highest BCUT2D eigenvalue weighted by atomic mass is 32.2. The zero-order valence-corrected chi connectivity index (χ0v) is 14.0. The number of nitrogens with one attached hydrogen (secondary N) is 2. The lowest BCUT2D eigenvalue weighted by Crippen LogP contribution is -2.29. The van der Waals surface area contributed by atoms with Crippen molar-refractivity contribution < 1.29 is 27.9 Å². The Kier molecular flexibility index (Phi) is 5.60. The van der Waals surface area contributed by atoms with Gasteiger partial charge in [0.1, 0.15) is 12.3 Å². The van der Waals surface area contributed by atoms with E-state index in [2.05, 4.69) is 10.0 Å². The van der Waals surface area contributed by atoms with E-state index in [0.29, 0.717) is 5.75 Å². The minimum Gasteiger partial charge on any atom is -0.497 e. The summed E-state index contributed by atoms with van der Waals surface area (Å²) in [5, 5.41) is 10.7. The predicted octanol–water partition coefficient (Wildman–Crippen LogP) is 1.31. The van der Waals surface area contributed by atoms with Crippen molar-refractivity contribution in [2.75, 3.05) is 18.4 Å². The van der Waals surface area contributed by atoms with Gasteiger partial charge in [0.05, 0.1) is 12.0 Å². The van der Waals surface area contributed by atoms with Crippen LogP contribution in [0.2, 0.25) is 0 Å². The molecule has 0 saturated heterocycles. The number of carbonyl (C=O) groups excluding carboxylic acids is 1. The second-order valence-electron chi connectivity index (χ2n) is 4.93. The first-order valence-corrected chi connectivity index (χ1v) is 8.57. The van der Waals surface area contributed by atoms with Crippen molar-refractivity contribution >= 4 is 27.6 Å². The van der Waals surface area contributed by atoms with E-state index in [1.807, 2.05) is 0 Å². The van der Waals surface area contributed by atoms with E-state index < -0.39 is 28.4 Å². The van der Waals surface area contributed by atoms with Gasteiger partial charge >= 0.3 is 5.97 Å². The minimum absolute atomic E-state index is 0.0663. The van der Waals surface area contributed by atoms with Gasteiger partial charge in [-0.25, -0.2) is 8.42 Å². The smallest absolute Gasteiger partial charge is 0.322 e. The molecule has 0 aromatic heterocycles. The first-order chi connectivity index (χ1) is 11.8. The summed E-state index contributed by atoms with van der Waals surface area (Å²) in [4.78, 5) is 22.2. The Bertz CT molecular complexity index is 861. The molecular weight excluding hydrogens is 348 g/mol. The summed E-state index contributed by atoms with van der Waals surface area (Å²) in [6, 6.07) is 11.5. The number of sulfonamides is 1. The SMILES string of the molecule is COc1ccc(S(=O)(=O)Nc2ccc(C(=O)NCC(=O)O)cc2)cc1. The lowest BCUT2D eigenvalue weighted by molar-refractivity contribution is -0.135. The Hall–Kier alpha value is -3.07. The molecule has 0 spiro atoms. The maximum Gasteiger partial charge on any atom is 0.322 e. The Balaban J connectivity index is 2.09. The van der Waals surface area contributed by atoms with Gasteiger partial charge in [0.2, 0.25) is 0 Å². The second kappa shape index (κ2) is 7.67. The van der Waals surface area contributed by atoms with E-state index in [1.54, 1.807) is 0 Å². The van der Waals surface area contributed by atoms with Crippen LogP contribution in [0.4, 0.5) is 5.69 Å². The third-order valence-electron chi connectivity index (χ3n) is 3.17. The Morgan fingerprint density at radius 3 is 2.16 bits per heavy atom. The van der Waals surface area contributed by atoms with Gasteiger partial charge in [-0.2, -0.15) is 0 Å². The van der Waals surface area contributed by atoms with Gasteiger partial charge in [-0.3, -0.25) is 14.3 Å². The Morgan fingerprint density at radius 1 is 1.04 bits per heavy atom. The number of benzene rings is 2. The van der Waals surface area contributed by atoms with Crippen LogP contribution in [0.15, 0.2) is 53.4 Å². The number of carbonyl (C=O) groups is 2. The lowest BCUT2D eigenvalue weighted by atomic mass is 10.2. The van der Waals surface area contributed by atoms with Crippen molar-refractivity contribution in [3.05, 3.63) is 54.1 Å². The molecule has 0 saturated carbocycles. The number of ether oxygens (including phenoxy) is 1. The van der Waals surface area contributed by atoms with Crippen molar-refractivity contribution in [2.45, 2.75) is 4.90 Å².